The van der Waals surface area contributed by atoms with E-state index in [0.29, 0.717) is 13.1 Å². The Kier molecular flexibility index (Phi) is 7.67. The number of halogens is 5. The maximum absolute atomic E-state index is 13.5. The Morgan fingerprint density at radius 3 is 2.27 bits per heavy atom. The number of hydrogen-bond acceptors (Lipinski definition) is 4. The number of hydrogen-bond donors (Lipinski definition) is 1. The number of imidazole rings is 1. The lowest BCUT2D eigenvalue weighted by Gasteiger charge is -2.21. The van der Waals surface area contributed by atoms with Gasteiger partial charge < -0.3 is 14.6 Å². The molecule has 2 aromatic rings. The Labute approximate surface area is 186 Å². The lowest BCUT2D eigenvalue weighted by Crippen LogP contribution is -2.31. The quantitative estimate of drug-likeness (QED) is 0.690. The molecule has 0 spiro atoms. The van der Waals surface area contributed by atoms with Crippen molar-refractivity contribution in [3.05, 3.63) is 53.1 Å². The number of benzene rings is 1. The molecule has 0 unspecified atom stereocenters. The molecule has 4 rings (SSSR count). The fraction of sp³-hybridized carbons (Fsp3) is 0.476. The van der Waals surface area contributed by atoms with E-state index in [4.69, 9.17) is 9.90 Å². The number of aromatic nitrogens is 2. The van der Waals surface area contributed by atoms with E-state index >= 15 is 0 Å². The van der Waals surface area contributed by atoms with Crippen LogP contribution >= 0.6 is 0 Å². The van der Waals surface area contributed by atoms with Gasteiger partial charge in [0.15, 0.2) is 11.6 Å². The first-order chi connectivity index (χ1) is 15.6. The second kappa shape index (κ2) is 10.3. The number of nitrogens with zero attached hydrogens (tertiary/aromatic N) is 4. The predicted octanol–water partition coefficient (Wildman–Crippen LogP) is 3.44. The van der Waals surface area contributed by atoms with Crippen molar-refractivity contribution in [1.29, 1.82) is 0 Å². The average molecular weight is 474 g/mol. The molecule has 3 heterocycles. The van der Waals surface area contributed by atoms with Gasteiger partial charge in [-0.25, -0.2) is 18.6 Å². The van der Waals surface area contributed by atoms with Crippen LogP contribution in [0.2, 0.25) is 0 Å². The molecule has 0 atom stereocenters. The van der Waals surface area contributed by atoms with Crippen molar-refractivity contribution in [2.75, 3.05) is 19.6 Å². The molecule has 0 radical (unpaired) electrons. The van der Waals surface area contributed by atoms with Crippen molar-refractivity contribution in [3.63, 3.8) is 0 Å². The van der Waals surface area contributed by atoms with E-state index in [2.05, 4.69) is 14.5 Å². The smallest absolute Gasteiger partial charge is 0.475 e. The van der Waals surface area contributed by atoms with Gasteiger partial charge in [-0.3, -0.25) is 9.69 Å². The maximum atomic E-state index is 13.5. The number of alkyl halides is 3. The van der Waals surface area contributed by atoms with Crippen LogP contribution in [0.15, 0.2) is 24.5 Å². The molecule has 0 bridgehead atoms. The summed E-state index contributed by atoms with van der Waals surface area (Å²) in [6.45, 7) is 4.82. The van der Waals surface area contributed by atoms with Gasteiger partial charge in [0.25, 0.3) is 5.91 Å². The highest BCUT2D eigenvalue weighted by atomic mass is 19.4. The highest BCUT2D eigenvalue weighted by Crippen LogP contribution is 2.21. The molecular formula is C21H23F5N4O3. The Balaban J connectivity index is 0.000000383. The zero-order chi connectivity index (χ0) is 24.2. The second-order valence-corrected chi connectivity index (χ2v) is 7.83. The Morgan fingerprint density at radius 1 is 1.00 bits per heavy atom. The Morgan fingerprint density at radius 2 is 1.67 bits per heavy atom. The van der Waals surface area contributed by atoms with E-state index in [1.165, 1.54) is 18.9 Å². The number of fused-ring (bicyclic) bond motifs is 1. The molecule has 0 aliphatic carbocycles. The molecule has 1 saturated heterocycles. The van der Waals surface area contributed by atoms with Gasteiger partial charge in [-0.15, -0.1) is 0 Å². The van der Waals surface area contributed by atoms with Crippen LogP contribution in [0.4, 0.5) is 22.0 Å². The maximum Gasteiger partial charge on any atom is 0.490 e. The second-order valence-electron chi connectivity index (χ2n) is 7.83. The third kappa shape index (κ3) is 6.28. The average Bonchev–Trinajstić information content (AvgIpc) is 3.34. The SMILES string of the molecule is O=C(O)C(F)(F)F.O=C(c1ccc(F)c(F)c1)N1CCCn2cnc(CN3CCCC3)c2C1. The lowest BCUT2D eigenvalue weighted by molar-refractivity contribution is -0.192. The minimum atomic E-state index is -5.08. The largest absolute Gasteiger partial charge is 0.490 e. The molecule has 33 heavy (non-hydrogen) atoms. The van der Waals surface area contributed by atoms with Crippen LogP contribution in [0.3, 0.4) is 0 Å². The fourth-order valence-electron chi connectivity index (χ4n) is 3.79. The third-order valence-electron chi connectivity index (χ3n) is 5.47. The van der Waals surface area contributed by atoms with Crippen molar-refractivity contribution in [2.24, 2.45) is 0 Å². The van der Waals surface area contributed by atoms with E-state index in [-0.39, 0.29) is 11.5 Å². The molecule has 12 heteroatoms. The first kappa shape index (κ1) is 24.6. The van der Waals surface area contributed by atoms with Crippen molar-refractivity contribution >= 4 is 11.9 Å². The van der Waals surface area contributed by atoms with Crippen LogP contribution in [0.25, 0.3) is 0 Å². The molecule has 1 amide bonds. The minimum absolute atomic E-state index is 0.179. The van der Waals surface area contributed by atoms with Gasteiger partial charge in [-0.05, 0) is 50.6 Å². The summed E-state index contributed by atoms with van der Waals surface area (Å²) in [5.41, 5.74) is 2.24. The van der Waals surface area contributed by atoms with Gasteiger partial charge in [0.2, 0.25) is 0 Å². The summed E-state index contributed by atoms with van der Waals surface area (Å²) in [4.78, 5) is 30.4. The molecule has 7 nitrogen and oxygen atoms in total. The third-order valence-corrected chi connectivity index (χ3v) is 5.47. The number of likely N-dealkylation sites (tertiary alicyclic amines) is 1. The highest BCUT2D eigenvalue weighted by molar-refractivity contribution is 5.94. The highest BCUT2D eigenvalue weighted by Gasteiger charge is 2.38. The van der Waals surface area contributed by atoms with Crippen molar-refractivity contribution in [2.45, 2.75) is 45.1 Å². The number of aliphatic carboxylic acids is 1. The molecule has 1 fully saturated rings. The molecule has 1 aromatic carbocycles. The number of carboxylic acids is 1. The standard InChI is InChI=1S/C19H22F2N4O.C2HF3O2/c20-15-5-4-14(10-16(15)21)19(26)24-8-3-9-25-13-22-17(18(25)12-24)11-23-6-1-2-7-23;3-2(4,5)1(6)7/h4-5,10,13H,1-3,6-9,11-12H2;(H,6,7). The van der Waals surface area contributed by atoms with Crippen molar-refractivity contribution in [1.82, 2.24) is 19.4 Å². The topological polar surface area (TPSA) is 78.7 Å². The van der Waals surface area contributed by atoms with Gasteiger partial charge >= 0.3 is 12.1 Å². The Bertz CT molecular complexity index is 1000. The first-order valence-electron chi connectivity index (χ1n) is 10.4. The van der Waals surface area contributed by atoms with Crippen LogP contribution < -0.4 is 0 Å². The molecule has 1 aromatic heterocycles. The van der Waals surface area contributed by atoms with E-state index in [0.717, 1.165) is 56.1 Å². The summed E-state index contributed by atoms with van der Waals surface area (Å²) >= 11 is 0. The lowest BCUT2D eigenvalue weighted by atomic mass is 10.1. The molecule has 2 aliphatic rings. The number of carbonyl (C=O) groups excluding carboxylic acids is 1. The van der Waals surface area contributed by atoms with Crippen LogP contribution in [-0.4, -0.2) is 62.1 Å². The number of carboxylic acid groups (broad SMARTS) is 1. The zero-order valence-corrected chi connectivity index (χ0v) is 17.6. The number of carbonyl (C=O) groups is 2. The molecular weight excluding hydrogens is 451 g/mol. The van der Waals surface area contributed by atoms with Crippen molar-refractivity contribution < 1.29 is 36.6 Å². The van der Waals surface area contributed by atoms with Crippen LogP contribution in [0, 0.1) is 11.6 Å². The predicted molar refractivity (Wildman–Crippen MR) is 106 cm³/mol. The number of aryl methyl sites for hydroxylation is 1. The first-order valence-corrected chi connectivity index (χ1v) is 10.4. The summed E-state index contributed by atoms with van der Waals surface area (Å²) in [7, 11) is 0. The summed E-state index contributed by atoms with van der Waals surface area (Å²) in [6.07, 6.45) is 0.0156. The fourth-order valence-corrected chi connectivity index (χ4v) is 3.79. The van der Waals surface area contributed by atoms with Crippen molar-refractivity contribution in [3.8, 4) is 0 Å². The van der Waals surface area contributed by atoms with Gasteiger partial charge in [0.05, 0.1) is 24.3 Å². The minimum Gasteiger partial charge on any atom is -0.475 e. The molecule has 180 valence electrons. The van der Waals surface area contributed by atoms with Gasteiger partial charge in [0, 0.05) is 25.2 Å². The number of rotatable bonds is 3. The van der Waals surface area contributed by atoms with Crippen LogP contribution in [-0.2, 0) is 24.4 Å². The zero-order valence-electron chi connectivity index (χ0n) is 17.6. The molecule has 2 aliphatic heterocycles. The summed E-state index contributed by atoms with van der Waals surface area (Å²) < 4.78 is 60.5. The Hall–Kier alpha value is -3.02. The molecule has 1 N–H and O–H groups in total. The summed E-state index contributed by atoms with van der Waals surface area (Å²) in [5.74, 6) is -4.97. The summed E-state index contributed by atoms with van der Waals surface area (Å²) in [5, 5.41) is 7.12. The van der Waals surface area contributed by atoms with E-state index in [9.17, 15) is 26.7 Å². The molecule has 0 saturated carbocycles. The number of amides is 1. The van der Waals surface area contributed by atoms with Crippen LogP contribution in [0.1, 0.15) is 41.0 Å². The van der Waals surface area contributed by atoms with Crippen LogP contribution in [0.5, 0.6) is 0 Å². The van der Waals surface area contributed by atoms with Gasteiger partial charge in [0.1, 0.15) is 0 Å². The van der Waals surface area contributed by atoms with E-state index < -0.39 is 23.8 Å². The monoisotopic (exact) mass is 474 g/mol. The normalized spacial score (nSPS) is 16.6. The van der Waals surface area contributed by atoms with Gasteiger partial charge in [-0.2, -0.15) is 13.2 Å². The van der Waals surface area contributed by atoms with Gasteiger partial charge in [-0.1, -0.05) is 0 Å². The van der Waals surface area contributed by atoms with E-state index in [1.807, 2.05) is 6.33 Å². The summed E-state index contributed by atoms with van der Waals surface area (Å²) in [6, 6.07) is 3.32. The van der Waals surface area contributed by atoms with E-state index in [1.54, 1.807) is 4.90 Å².